The highest BCUT2D eigenvalue weighted by molar-refractivity contribution is 5.77. The van der Waals surface area contributed by atoms with Crippen molar-refractivity contribution in [3.05, 3.63) is 17.6 Å². The van der Waals surface area contributed by atoms with Gasteiger partial charge in [0.2, 0.25) is 5.91 Å². The number of rotatable bonds is 3. The predicted molar refractivity (Wildman–Crippen MR) is 93.7 cm³/mol. The summed E-state index contributed by atoms with van der Waals surface area (Å²) < 4.78 is 0. The Morgan fingerprint density at radius 1 is 1.17 bits per heavy atom. The normalized spacial score (nSPS) is 16.2. The van der Waals surface area contributed by atoms with Gasteiger partial charge in [-0.15, -0.1) is 0 Å². The Kier molecular flexibility index (Phi) is 4.69. The van der Waals surface area contributed by atoms with Crippen molar-refractivity contribution >= 4 is 11.7 Å². The summed E-state index contributed by atoms with van der Waals surface area (Å²) in [6.07, 6.45) is 0.572. The first kappa shape index (κ1) is 17.7. The van der Waals surface area contributed by atoms with Crippen molar-refractivity contribution in [3.63, 3.8) is 0 Å². The molecule has 1 aliphatic rings. The lowest BCUT2D eigenvalue weighted by Gasteiger charge is -2.40. The van der Waals surface area contributed by atoms with Crippen LogP contribution in [-0.2, 0) is 15.6 Å². The highest BCUT2D eigenvalue weighted by atomic mass is 16.2. The molecule has 0 bridgehead atoms. The van der Waals surface area contributed by atoms with Crippen LogP contribution in [0.1, 0.15) is 66.4 Å². The maximum Gasteiger partial charge on any atom is 0.222 e. The molecule has 0 radical (unpaired) electrons. The molecule has 5 nitrogen and oxygen atoms in total. The molecule has 0 unspecified atom stereocenters. The first-order chi connectivity index (χ1) is 10.5. The number of hydrogen-bond acceptors (Lipinski definition) is 4. The molecule has 1 N–H and O–H groups in total. The SMILES string of the molecule is CCC(=O)N1CC(Nc2cc(C(C)(C)C)nc(C(C)(C)C)n2)C1. The fourth-order valence-corrected chi connectivity index (χ4v) is 2.45. The Labute approximate surface area is 139 Å². The van der Waals surface area contributed by atoms with E-state index < -0.39 is 0 Å². The highest BCUT2D eigenvalue weighted by Crippen LogP contribution is 2.27. The third kappa shape index (κ3) is 4.21. The molecule has 0 saturated carbocycles. The summed E-state index contributed by atoms with van der Waals surface area (Å²) in [6.45, 7) is 16.3. The van der Waals surface area contributed by atoms with Gasteiger partial charge in [0, 0.05) is 36.4 Å². The minimum absolute atomic E-state index is 0.0246. The second-order valence-electron chi connectivity index (χ2n) is 8.46. The molecular weight excluding hydrogens is 288 g/mol. The van der Waals surface area contributed by atoms with Gasteiger partial charge in [0.05, 0.1) is 11.7 Å². The number of amides is 1. The van der Waals surface area contributed by atoms with Crippen LogP contribution < -0.4 is 5.32 Å². The fourth-order valence-electron chi connectivity index (χ4n) is 2.45. The van der Waals surface area contributed by atoms with E-state index in [1.165, 1.54) is 0 Å². The van der Waals surface area contributed by atoms with Crippen LogP contribution in [0.15, 0.2) is 6.07 Å². The lowest BCUT2D eigenvalue weighted by atomic mass is 9.90. The second-order valence-corrected chi connectivity index (χ2v) is 8.46. The minimum atomic E-state index is -0.0957. The van der Waals surface area contributed by atoms with Gasteiger partial charge in [-0.25, -0.2) is 9.97 Å². The zero-order valence-corrected chi connectivity index (χ0v) is 15.5. The van der Waals surface area contributed by atoms with E-state index in [2.05, 4.69) is 46.9 Å². The smallest absolute Gasteiger partial charge is 0.222 e. The van der Waals surface area contributed by atoms with Crippen LogP contribution in [0.25, 0.3) is 0 Å². The number of nitrogens with zero attached hydrogens (tertiary/aromatic N) is 3. The molecule has 2 rings (SSSR count). The third-order valence-electron chi connectivity index (χ3n) is 4.05. The van der Waals surface area contributed by atoms with Crippen molar-refractivity contribution in [2.24, 2.45) is 0 Å². The monoisotopic (exact) mass is 318 g/mol. The van der Waals surface area contributed by atoms with Crippen LogP contribution in [0.4, 0.5) is 5.82 Å². The van der Waals surface area contributed by atoms with Crippen LogP contribution in [-0.4, -0.2) is 39.9 Å². The number of likely N-dealkylation sites (tertiary alicyclic amines) is 1. The first-order valence-corrected chi connectivity index (χ1v) is 8.45. The molecule has 0 spiro atoms. The van der Waals surface area contributed by atoms with Gasteiger partial charge in [0.1, 0.15) is 11.6 Å². The quantitative estimate of drug-likeness (QED) is 0.930. The fraction of sp³-hybridized carbons (Fsp3) is 0.722. The molecule has 1 saturated heterocycles. The number of anilines is 1. The average molecular weight is 318 g/mol. The van der Waals surface area contributed by atoms with Crippen molar-refractivity contribution in [2.75, 3.05) is 18.4 Å². The maximum absolute atomic E-state index is 11.6. The van der Waals surface area contributed by atoms with E-state index in [0.29, 0.717) is 6.42 Å². The van der Waals surface area contributed by atoms with Crippen LogP contribution in [0, 0.1) is 0 Å². The Hall–Kier alpha value is -1.65. The van der Waals surface area contributed by atoms with Gasteiger partial charge in [0.15, 0.2) is 0 Å². The number of carbonyl (C=O) groups excluding carboxylic acids is 1. The zero-order chi connectivity index (χ0) is 17.4. The molecule has 0 atom stereocenters. The van der Waals surface area contributed by atoms with Crippen molar-refractivity contribution in [3.8, 4) is 0 Å². The molecule has 0 aliphatic carbocycles. The standard InChI is InChI=1S/C18H30N4O/c1-8-15(23)22-10-12(11-22)19-14-9-13(17(2,3)4)20-16(21-14)18(5,6)7/h9,12H,8,10-11H2,1-7H3,(H,19,20,21). The summed E-state index contributed by atoms with van der Waals surface area (Å²) in [6, 6.07) is 2.32. The number of nitrogens with one attached hydrogen (secondary N) is 1. The van der Waals surface area contributed by atoms with E-state index in [4.69, 9.17) is 9.97 Å². The van der Waals surface area contributed by atoms with E-state index in [1.54, 1.807) is 0 Å². The molecule has 2 heterocycles. The average Bonchev–Trinajstić information content (AvgIpc) is 2.39. The molecule has 1 aromatic heterocycles. The van der Waals surface area contributed by atoms with Crippen LogP contribution in [0.2, 0.25) is 0 Å². The summed E-state index contributed by atoms with van der Waals surface area (Å²) in [7, 11) is 0. The predicted octanol–water partition coefficient (Wildman–Crippen LogP) is 3.10. The van der Waals surface area contributed by atoms with Gasteiger partial charge in [-0.2, -0.15) is 0 Å². The van der Waals surface area contributed by atoms with Crippen LogP contribution in [0.3, 0.4) is 0 Å². The number of hydrogen-bond donors (Lipinski definition) is 1. The van der Waals surface area contributed by atoms with E-state index in [-0.39, 0.29) is 22.8 Å². The molecule has 1 amide bonds. The van der Waals surface area contributed by atoms with Gasteiger partial charge in [-0.05, 0) is 0 Å². The molecule has 128 valence electrons. The Morgan fingerprint density at radius 2 is 1.78 bits per heavy atom. The van der Waals surface area contributed by atoms with Crippen molar-refractivity contribution in [1.29, 1.82) is 0 Å². The molecule has 0 aromatic carbocycles. The van der Waals surface area contributed by atoms with Gasteiger partial charge in [0.25, 0.3) is 0 Å². The van der Waals surface area contributed by atoms with Gasteiger partial charge in [-0.1, -0.05) is 48.5 Å². The molecule has 23 heavy (non-hydrogen) atoms. The largest absolute Gasteiger partial charge is 0.364 e. The molecule has 1 aromatic rings. The Balaban J connectivity index is 2.17. The van der Waals surface area contributed by atoms with Crippen molar-refractivity contribution in [1.82, 2.24) is 14.9 Å². The summed E-state index contributed by atoms with van der Waals surface area (Å²) in [4.78, 5) is 23.0. The highest BCUT2D eigenvalue weighted by Gasteiger charge is 2.31. The van der Waals surface area contributed by atoms with Gasteiger partial charge in [-0.3, -0.25) is 4.79 Å². The van der Waals surface area contributed by atoms with Gasteiger partial charge < -0.3 is 10.2 Å². The van der Waals surface area contributed by atoms with Crippen LogP contribution >= 0.6 is 0 Å². The van der Waals surface area contributed by atoms with E-state index in [9.17, 15) is 4.79 Å². The first-order valence-electron chi connectivity index (χ1n) is 8.45. The molecular formula is C18H30N4O. The van der Waals surface area contributed by atoms with Gasteiger partial charge >= 0.3 is 0 Å². The summed E-state index contributed by atoms with van der Waals surface area (Å²) >= 11 is 0. The minimum Gasteiger partial charge on any atom is -0.364 e. The zero-order valence-electron chi connectivity index (χ0n) is 15.5. The van der Waals surface area contributed by atoms with E-state index in [1.807, 2.05) is 17.9 Å². The molecule has 1 fully saturated rings. The summed E-state index contributed by atoms with van der Waals surface area (Å²) in [5.74, 6) is 1.94. The lowest BCUT2D eigenvalue weighted by molar-refractivity contribution is -0.134. The number of carbonyl (C=O) groups is 1. The third-order valence-corrected chi connectivity index (χ3v) is 4.05. The van der Waals surface area contributed by atoms with Crippen molar-refractivity contribution < 1.29 is 4.79 Å². The van der Waals surface area contributed by atoms with E-state index >= 15 is 0 Å². The lowest BCUT2D eigenvalue weighted by Crippen LogP contribution is -2.57. The van der Waals surface area contributed by atoms with Crippen LogP contribution in [0.5, 0.6) is 0 Å². The van der Waals surface area contributed by atoms with E-state index in [0.717, 1.165) is 30.4 Å². The summed E-state index contributed by atoms with van der Waals surface area (Å²) in [5, 5.41) is 3.47. The summed E-state index contributed by atoms with van der Waals surface area (Å²) in [5.41, 5.74) is 0.922. The van der Waals surface area contributed by atoms with Crippen molar-refractivity contribution in [2.45, 2.75) is 71.8 Å². The molecule has 1 aliphatic heterocycles. The maximum atomic E-state index is 11.6. The Bertz CT molecular complexity index is 545. The second kappa shape index (κ2) is 6.10. The number of aromatic nitrogens is 2. The molecule has 5 heteroatoms. The Morgan fingerprint density at radius 3 is 2.26 bits per heavy atom. The topological polar surface area (TPSA) is 58.1 Å².